The molecule has 0 unspecified atom stereocenters. The quantitative estimate of drug-likeness (QED) is 0.619. The number of nitrogens with zero attached hydrogens (tertiary/aromatic N) is 2. The van der Waals surface area contributed by atoms with Crippen LogP contribution in [0.25, 0.3) is 11.3 Å². The third kappa shape index (κ3) is 2.73. The lowest BCUT2D eigenvalue weighted by Crippen LogP contribution is -2.08. The molecule has 2 rings (SSSR count). The lowest BCUT2D eigenvalue weighted by molar-refractivity contribution is -0.385. The first kappa shape index (κ1) is 13.5. The first-order valence-electron chi connectivity index (χ1n) is 5.07. The number of aromatic nitrogens is 1. The van der Waals surface area contributed by atoms with Crippen molar-refractivity contribution < 1.29 is 18.1 Å². The van der Waals surface area contributed by atoms with Crippen molar-refractivity contribution in [2.24, 2.45) is 0 Å². The second-order valence-corrected chi connectivity index (χ2v) is 4.80. The Bertz CT molecular complexity index is 637. The summed E-state index contributed by atoms with van der Waals surface area (Å²) in [5.74, 6) is 0. The predicted octanol–water partition coefficient (Wildman–Crippen LogP) is 4.05. The summed E-state index contributed by atoms with van der Waals surface area (Å²) in [6, 6.07) is 2.65. The summed E-state index contributed by atoms with van der Waals surface area (Å²) in [5, 5.41) is 12.7. The summed E-state index contributed by atoms with van der Waals surface area (Å²) in [4.78, 5) is 13.7. The zero-order valence-electron chi connectivity index (χ0n) is 9.56. The van der Waals surface area contributed by atoms with Crippen molar-refractivity contribution in [3.05, 3.63) is 44.3 Å². The first-order valence-corrected chi connectivity index (χ1v) is 5.95. The lowest BCUT2D eigenvalue weighted by atomic mass is 10.0. The van der Waals surface area contributed by atoms with Crippen molar-refractivity contribution >= 4 is 17.0 Å². The van der Waals surface area contributed by atoms with Crippen molar-refractivity contribution in [3.63, 3.8) is 0 Å². The molecular formula is C11H7F3N2O2S. The molecule has 0 fully saturated rings. The number of benzene rings is 1. The Morgan fingerprint density at radius 1 is 1.37 bits per heavy atom. The minimum Gasteiger partial charge on any atom is -0.258 e. The molecule has 0 N–H and O–H groups in total. The summed E-state index contributed by atoms with van der Waals surface area (Å²) >= 11 is 1.22. The molecule has 1 aromatic heterocycles. The van der Waals surface area contributed by atoms with Gasteiger partial charge in [0.15, 0.2) is 0 Å². The highest BCUT2D eigenvalue weighted by Gasteiger charge is 2.35. The molecule has 0 radical (unpaired) electrons. The Morgan fingerprint density at radius 3 is 2.53 bits per heavy atom. The van der Waals surface area contributed by atoms with Crippen LogP contribution in [-0.2, 0) is 6.18 Å². The van der Waals surface area contributed by atoms with Gasteiger partial charge in [-0.25, -0.2) is 4.98 Å². The standard InChI is InChI=1S/C11H7F3N2O2S/c1-6-15-10(5-19-6)8-3-2-7(16(17)18)4-9(8)11(12,13)14/h2-5H,1H3. The topological polar surface area (TPSA) is 56.0 Å². The molecule has 0 aliphatic heterocycles. The Balaban J connectivity index is 2.64. The minimum absolute atomic E-state index is 0.151. The van der Waals surface area contributed by atoms with Crippen molar-refractivity contribution in [1.29, 1.82) is 0 Å². The normalized spacial score (nSPS) is 11.6. The highest BCUT2D eigenvalue weighted by atomic mass is 32.1. The van der Waals surface area contributed by atoms with Gasteiger partial charge < -0.3 is 0 Å². The van der Waals surface area contributed by atoms with Crippen LogP contribution in [0, 0.1) is 17.0 Å². The van der Waals surface area contributed by atoms with Crippen LogP contribution in [-0.4, -0.2) is 9.91 Å². The van der Waals surface area contributed by atoms with Gasteiger partial charge in [0.2, 0.25) is 0 Å². The number of nitro benzene ring substituents is 1. The molecular weight excluding hydrogens is 281 g/mol. The van der Waals surface area contributed by atoms with Gasteiger partial charge in [-0.2, -0.15) is 13.2 Å². The van der Waals surface area contributed by atoms with E-state index in [9.17, 15) is 23.3 Å². The number of aryl methyl sites for hydroxylation is 1. The van der Waals surface area contributed by atoms with E-state index in [0.29, 0.717) is 11.1 Å². The maximum absolute atomic E-state index is 12.9. The highest BCUT2D eigenvalue weighted by Crippen LogP contribution is 2.39. The maximum atomic E-state index is 12.9. The summed E-state index contributed by atoms with van der Waals surface area (Å²) in [6.45, 7) is 1.67. The van der Waals surface area contributed by atoms with E-state index >= 15 is 0 Å². The summed E-state index contributed by atoms with van der Waals surface area (Å²) in [7, 11) is 0. The summed E-state index contributed by atoms with van der Waals surface area (Å²) in [5.41, 5.74) is -1.62. The van der Waals surface area contributed by atoms with Gasteiger partial charge in [-0.15, -0.1) is 11.3 Å². The van der Waals surface area contributed by atoms with E-state index in [1.807, 2.05) is 0 Å². The number of nitro groups is 1. The third-order valence-electron chi connectivity index (χ3n) is 2.41. The molecule has 1 heterocycles. The Kier molecular flexibility index (Phi) is 3.27. The highest BCUT2D eigenvalue weighted by molar-refractivity contribution is 7.09. The van der Waals surface area contributed by atoms with Gasteiger partial charge in [-0.3, -0.25) is 10.1 Å². The summed E-state index contributed by atoms with van der Waals surface area (Å²) < 4.78 is 38.8. The monoisotopic (exact) mass is 288 g/mol. The van der Waals surface area contributed by atoms with Crippen LogP contribution in [0.3, 0.4) is 0 Å². The molecule has 0 aliphatic rings. The fourth-order valence-electron chi connectivity index (χ4n) is 1.59. The van der Waals surface area contributed by atoms with Gasteiger partial charge in [0, 0.05) is 23.1 Å². The molecule has 0 saturated heterocycles. The van der Waals surface area contributed by atoms with Gasteiger partial charge >= 0.3 is 6.18 Å². The summed E-state index contributed by atoms with van der Waals surface area (Å²) in [6.07, 6.45) is -4.67. The van der Waals surface area contributed by atoms with E-state index in [-0.39, 0.29) is 11.3 Å². The van der Waals surface area contributed by atoms with E-state index in [1.54, 1.807) is 6.92 Å². The third-order valence-corrected chi connectivity index (χ3v) is 3.19. The minimum atomic E-state index is -4.67. The second kappa shape index (κ2) is 4.61. The second-order valence-electron chi connectivity index (χ2n) is 3.74. The SMILES string of the molecule is Cc1nc(-c2ccc([N+](=O)[O-])cc2C(F)(F)F)cs1. The number of alkyl halides is 3. The fourth-order valence-corrected chi connectivity index (χ4v) is 2.20. The van der Waals surface area contributed by atoms with Crippen molar-refractivity contribution in [1.82, 2.24) is 4.98 Å². The van der Waals surface area contributed by atoms with Gasteiger partial charge in [0.05, 0.1) is 21.2 Å². The predicted molar refractivity (Wildman–Crippen MR) is 63.9 cm³/mol. The molecule has 2 aromatic rings. The van der Waals surface area contributed by atoms with Crippen molar-refractivity contribution in [3.8, 4) is 11.3 Å². The number of halogens is 3. The van der Waals surface area contributed by atoms with Gasteiger partial charge in [0.25, 0.3) is 5.69 Å². The zero-order valence-corrected chi connectivity index (χ0v) is 10.4. The largest absolute Gasteiger partial charge is 0.417 e. The van der Waals surface area contributed by atoms with Crippen LogP contribution in [0.15, 0.2) is 23.6 Å². The van der Waals surface area contributed by atoms with Gasteiger partial charge in [-0.05, 0) is 13.0 Å². The van der Waals surface area contributed by atoms with Crippen LogP contribution >= 0.6 is 11.3 Å². The van der Waals surface area contributed by atoms with E-state index in [1.165, 1.54) is 16.7 Å². The average molecular weight is 288 g/mol. The maximum Gasteiger partial charge on any atom is 0.417 e. The molecule has 100 valence electrons. The number of hydrogen-bond donors (Lipinski definition) is 0. The van der Waals surface area contributed by atoms with E-state index in [2.05, 4.69) is 4.98 Å². The Hall–Kier alpha value is -1.96. The molecule has 8 heteroatoms. The number of non-ortho nitro benzene ring substituents is 1. The number of rotatable bonds is 2. The Morgan fingerprint density at radius 2 is 2.05 bits per heavy atom. The van der Waals surface area contributed by atoms with Crippen LogP contribution in [0.1, 0.15) is 10.6 Å². The fraction of sp³-hybridized carbons (Fsp3) is 0.182. The molecule has 0 spiro atoms. The average Bonchev–Trinajstić information content (AvgIpc) is 2.73. The van der Waals surface area contributed by atoms with Gasteiger partial charge in [-0.1, -0.05) is 0 Å². The molecule has 4 nitrogen and oxygen atoms in total. The molecule has 1 aromatic carbocycles. The molecule has 0 amide bonds. The first-order chi connectivity index (χ1) is 8.79. The molecule has 0 saturated carbocycles. The molecule has 0 bridgehead atoms. The van der Waals surface area contributed by atoms with Crippen molar-refractivity contribution in [2.75, 3.05) is 0 Å². The molecule has 0 atom stereocenters. The van der Waals surface area contributed by atoms with Gasteiger partial charge in [0.1, 0.15) is 0 Å². The number of thiazole rings is 1. The van der Waals surface area contributed by atoms with Crippen LogP contribution in [0.2, 0.25) is 0 Å². The smallest absolute Gasteiger partial charge is 0.258 e. The Labute approximate surface area is 109 Å². The number of hydrogen-bond acceptors (Lipinski definition) is 4. The van der Waals surface area contributed by atoms with E-state index < -0.39 is 22.4 Å². The zero-order chi connectivity index (χ0) is 14.2. The van der Waals surface area contributed by atoms with E-state index in [0.717, 1.165) is 12.1 Å². The van der Waals surface area contributed by atoms with Crippen molar-refractivity contribution in [2.45, 2.75) is 13.1 Å². The van der Waals surface area contributed by atoms with Crippen LogP contribution in [0.5, 0.6) is 0 Å². The van der Waals surface area contributed by atoms with Crippen LogP contribution in [0.4, 0.5) is 18.9 Å². The molecule has 19 heavy (non-hydrogen) atoms. The van der Waals surface area contributed by atoms with Crippen LogP contribution < -0.4 is 0 Å². The van der Waals surface area contributed by atoms with E-state index in [4.69, 9.17) is 0 Å². The lowest BCUT2D eigenvalue weighted by Gasteiger charge is -2.10. The molecule has 0 aliphatic carbocycles.